The molecule has 108 valence electrons. The van der Waals surface area contributed by atoms with Crippen LogP contribution < -0.4 is 5.32 Å². The number of nitrogens with one attached hydrogen (secondary N) is 1. The molecule has 1 rings (SSSR count). The molecule has 1 atom stereocenters. The molecule has 1 aromatic heterocycles. The third-order valence-corrected chi connectivity index (χ3v) is 3.94. The number of carbonyl (C=O) groups excluding carboxylic acids is 1. The molecule has 1 heterocycles. The van der Waals surface area contributed by atoms with Crippen LogP contribution >= 0.6 is 0 Å². The Hall–Kier alpha value is -1.40. The van der Waals surface area contributed by atoms with Gasteiger partial charge >= 0.3 is 0 Å². The van der Waals surface area contributed by atoms with Crippen LogP contribution in [-0.4, -0.2) is 46.7 Å². The standard InChI is InChI=1S/C13H23N3O3/c1-8-10(7-17)19-15-11(8)12(18)14-9(2)13(3,4)16(5)6/h9,17H,7H2,1-6H3,(H,14,18). The molecule has 0 aliphatic rings. The predicted octanol–water partition coefficient (Wildman–Crippen LogP) is 0.934. The van der Waals surface area contributed by atoms with Gasteiger partial charge in [-0.1, -0.05) is 5.16 Å². The molecule has 0 bridgehead atoms. The molecular formula is C13H23N3O3. The normalized spacial score (nSPS) is 13.7. The zero-order valence-electron chi connectivity index (χ0n) is 12.4. The maximum Gasteiger partial charge on any atom is 0.274 e. The molecule has 0 spiro atoms. The summed E-state index contributed by atoms with van der Waals surface area (Å²) in [6.07, 6.45) is 0. The number of likely N-dealkylation sites (N-methyl/N-ethyl adjacent to an activating group) is 1. The highest BCUT2D eigenvalue weighted by Crippen LogP contribution is 2.17. The summed E-state index contributed by atoms with van der Waals surface area (Å²) in [6, 6.07) is -0.0660. The summed E-state index contributed by atoms with van der Waals surface area (Å²) < 4.78 is 4.91. The molecule has 1 unspecified atom stereocenters. The Morgan fingerprint density at radius 1 is 1.53 bits per heavy atom. The van der Waals surface area contributed by atoms with E-state index < -0.39 is 0 Å². The second-order valence-electron chi connectivity index (χ2n) is 5.48. The maximum absolute atomic E-state index is 12.1. The number of aromatic nitrogens is 1. The Balaban J connectivity index is 2.83. The van der Waals surface area contributed by atoms with Crippen molar-refractivity contribution in [2.45, 2.75) is 45.9 Å². The predicted molar refractivity (Wildman–Crippen MR) is 71.9 cm³/mol. The lowest BCUT2D eigenvalue weighted by atomic mass is 9.94. The molecule has 1 amide bonds. The van der Waals surface area contributed by atoms with E-state index in [2.05, 4.69) is 10.5 Å². The minimum atomic E-state index is -0.289. The second-order valence-corrected chi connectivity index (χ2v) is 5.48. The zero-order chi connectivity index (χ0) is 14.8. The minimum absolute atomic E-state index is 0.0660. The number of hydrogen-bond acceptors (Lipinski definition) is 5. The van der Waals surface area contributed by atoms with Gasteiger partial charge in [-0.2, -0.15) is 0 Å². The van der Waals surface area contributed by atoms with Gasteiger partial charge in [-0.15, -0.1) is 0 Å². The van der Waals surface area contributed by atoms with Crippen molar-refractivity contribution in [3.05, 3.63) is 17.0 Å². The Morgan fingerprint density at radius 2 is 2.11 bits per heavy atom. The van der Waals surface area contributed by atoms with Crippen molar-refractivity contribution < 1.29 is 14.4 Å². The van der Waals surface area contributed by atoms with E-state index in [1.807, 2.05) is 39.8 Å². The van der Waals surface area contributed by atoms with Gasteiger partial charge in [0.2, 0.25) is 0 Å². The second kappa shape index (κ2) is 5.71. The van der Waals surface area contributed by atoms with Crippen LogP contribution in [-0.2, 0) is 6.61 Å². The highest BCUT2D eigenvalue weighted by Gasteiger charge is 2.30. The van der Waals surface area contributed by atoms with E-state index >= 15 is 0 Å². The highest BCUT2D eigenvalue weighted by molar-refractivity contribution is 5.93. The van der Waals surface area contributed by atoms with Crippen LogP contribution in [0, 0.1) is 6.92 Å². The molecular weight excluding hydrogens is 246 g/mol. The van der Waals surface area contributed by atoms with E-state index in [-0.39, 0.29) is 29.8 Å². The molecule has 19 heavy (non-hydrogen) atoms. The smallest absolute Gasteiger partial charge is 0.274 e. The molecule has 6 heteroatoms. The number of carbonyl (C=O) groups is 1. The van der Waals surface area contributed by atoms with E-state index in [9.17, 15) is 4.79 Å². The summed E-state index contributed by atoms with van der Waals surface area (Å²) in [5, 5.41) is 15.6. The molecule has 0 saturated carbocycles. The summed E-state index contributed by atoms with van der Waals surface area (Å²) in [5.74, 6) is 0.0352. The van der Waals surface area contributed by atoms with Crippen LogP contribution in [0.15, 0.2) is 4.52 Å². The highest BCUT2D eigenvalue weighted by atomic mass is 16.5. The van der Waals surface area contributed by atoms with Crippen molar-refractivity contribution in [2.75, 3.05) is 14.1 Å². The van der Waals surface area contributed by atoms with Crippen LogP contribution in [0.25, 0.3) is 0 Å². The Kier molecular flexibility index (Phi) is 4.70. The van der Waals surface area contributed by atoms with Gasteiger partial charge in [-0.25, -0.2) is 0 Å². The van der Waals surface area contributed by atoms with Crippen molar-refractivity contribution in [1.82, 2.24) is 15.4 Å². The maximum atomic E-state index is 12.1. The van der Waals surface area contributed by atoms with Gasteiger partial charge < -0.3 is 19.8 Å². The Morgan fingerprint density at radius 3 is 2.53 bits per heavy atom. The number of nitrogens with zero attached hydrogens (tertiary/aromatic N) is 2. The molecule has 0 radical (unpaired) electrons. The summed E-state index contributed by atoms with van der Waals surface area (Å²) in [6.45, 7) is 7.49. The number of rotatable bonds is 5. The van der Waals surface area contributed by atoms with E-state index in [0.717, 1.165) is 0 Å². The van der Waals surface area contributed by atoms with E-state index in [0.29, 0.717) is 11.3 Å². The third-order valence-electron chi connectivity index (χ3n) is 3.94. The number of aliphatic hydroxyl groups excluding tert-OH is 1. The van der Waals surface area contributed by atoms with Gasteiger partial charge in [0, 0.05) is 17.1 Å². The first-order valence-corrected chi connectivity index (χ1v) is 6.26. The monoisotopic (exact) mass is 269 g/mol. The largest absolute Gasteiger partial charge is 0.388 e. The molecule has 2 N–H and O–H groups in total. The molecule has 0 aliphatic heterocycles. The van der Waals surface area contributed by atoms with Crippen LogP contribution in [0.5, 0.6) is 0 Å². The number of amides is 1. The first-order valence-electron chi connectivity index (χ1n) is 6.26. The fourth-order valence-corrected chi connectivity index (χ4v) is 1.56. The lowest BCUT2D eigenvalue weighted by Crippen LogP contribution is -2.55. The molecule has 1 aromatic rings. The van der Waals surface area contributed by atoms with Crippen molar-refractivity contribution in [1.29, 1.82) is 0 Å². The first-order chi connectivity index (χ1) is 8.71. The van der Waals surface area contributed by atoms with Crippen molar-refractivity contribution >= 4 is 5.91 Å². The van der Waals surface area contributed by atoms with Gasteiger partial charge in [-0.3, -0.25) is 4.79 Å². The molecule has 6 nitrogen and oxygen atoms in total. The zero-order valence-corrected chi connectivity index (χ0v) is 12.4. The van der Waals surface area contributed by atoms with Gasteiger partial charge in [-0.05, 0) is 41.8 Å². The fourth-order valence-electron chi connectivity index (χ4n) is 1.56. The Labute approximate surface area is 113 Å². The summed E-state index contributed by atoms with van der Waals surface area (Å²) in [7, 11) is 3.93. The van der Waals surface area contributed by atoms with E-state index in [1.165, 1.54) is 0 Å². The number of hydrogen-bond donors (Lipinski definition) is 2. The van der Waals surface area contributed by atoms with E-state index in [1.54, 1.807) is 6.92 Å². The van der Waals surface area contributed by atoms with E-state index in [4.69, 9.17) is 9.63 Å². The van der Waals surface area contributed by atoms with Crippen molar-refractivity contribution in [3.8, 4) is 0 Å². The van der Waals surface area contributed by atoms with Crippen molar-refractivity contribution in [2.24, 2.45) is 0 Å². The minimum Gasteiger partial charge on any atom is -0.388 e. The van der Waals surface area contributed by atoms with Gasteiger partial charge in [0.1, 0.15) is 6.61 Å². The average Bonchev–Trinajstić information content (AvgIpc) is 2.69. The van der Waals surface area contributed by atoms with Crippen LogP contribution in [0.3, 0.4) is 0 Å². The molecule has 0 fully saturated rings. The van der Waals surface area contributed by atoms with Crippen LogP contribution in [0.1, 0.15) is 42.6 Å². The average molecular weight is 269 g/mol. The lowest BCUT2D eigenvalue weighted by Gasteiger charge is -2.38. The molecule has 0 aliphatic carbocycles. The quantitative estimate of drug-likeness (QED) is 0.831. The fraction of sp³-hybridized carbons (Fsp3) is 0.692. The summed E-state index contributed by atoms with van der Waals surface area (Å²) in [4.78, 5) is 14.2. The van der Waals surface area contributed by atoms with Crippen molar-refractivity contribution in [3.63, 3.8) is 0 Å². The molecule has 0 aromatic carbocycles. The SMILES string of the molecule is Cc1c(C(=O)NC(C)C(C)(C)N(C)C)noc1CO. The number of aliphatic hydroxyl groups is 1. The lowest BCUT2D eigenvalue weighted by molar-refractivity contribution is 0.0850. The topological polar surface area (TPSA) is 78.6 Å². The third kappa shape index (κ3) is 3.13. The van der Waals surface area contributed by atoms with Gasteiger partial charge in [0.15, 0.2) is 11.5 Å². The van der Waals surface area contributed by atoms with Gasteiger partial charge in [0.25, 0.3) is 5.91 Å². The van der Waals surface area contributed by atoms with Crippen LogP contribution in [0.4, 0.5) is 0 Å². The summed E-state index contributed by atoms with van der Waals surface area (Å²) >= 11 is 0. The first kappa shape index (κ1) is 15.7. The van der Waals surface area contributed by atoms with Crippen LogP contribution in [0.2, 0.25) is 0 Å². The summed E-state index contributed by atoms with van der Waals surface area (Å²) in [5.41, 5.74) is 0.618. The Bertz CT molecular complexity index is 452. The molecule has 0 saturated heterocycles. The van der Waals surface area contributed by atoms with Gasteiger partial charge in [0.05, 0.1) is 0 Å².